The topological polar surface area (TPSA) is 89.2 Å². The first-order chi connectivity index (χ1) is 12.4. The number of hydrogen-bond donors (Lipinski definition) is 1. The summed E-state index contributed by atoms with van der Waals surface area (Å²) in [6.07, 6.45) is 1.57. The van der Waals surface area contributed by atoms with E-state index in [9.17, 15) is 9.59 Å². The Morgan fingerprint density at radius 3 is 2.46 bits per heavy atom. The zero-order valence-corrected chi connectivity index (χ0v) is 15.2. The van der Waals surface area contributed by atoms with Gasteiger partial charge in [-0.1, -0.05) is 0 Å². The summed E-state index contributed by atoms with van der Waals surface area (Å²) in [5.41, 5.74) is 1.92. The number of amides is 1. The van der Waals surface area contributed by atoms with Gasteiger partial charge in [0.15, 0.2) is 6.61 Å². The molecule has 1 aromatic carbocycles. The number of carbonyl (C=O) groups excluding carboxylic acids is 1. The molecular weight excluding hydrogens is 338 g/mol. The van der Waals surface area contributed by atoms with Crippen LogP contribution in [-0.4, -0.2) is 48.8 Å². The number of carbonyl (C=O) groups is 2. The van der Waals surface area contributed by atoms with Gasteiger partial charge in [0.1, 0.15) is 11.5 Å². The lowest BCUT2D eigenvalue weighted by Gasteiger charge is -2.22. The van der Waals surface area contributed by atoms with Crippen molar-refractivity contribution in [2.45, 2.75) is 20.4 Å². The fraction of sp³-hybridized carbons (Fsp3) is 0.368. The van der Waals surface area contributed by atoms with Crippen molar-refractivity contribution >= 4 is 11.9 Å². The number of aliphatic carboxylic acids is 1. The van der Waals surface area contributed by atoms with Crippen LogP contribution in [0.3, 0.4) is 0 Å². The summed E-state index contributed by atoms with van der Waals surface area (Å²) in [7, 11) is 1.58. The molecule has 0 aliphatic heterocycles. The van der Waals surface area contributed by atoms with E-state index < -0.39 is 12.6 Å². The highest BCUT2D eigenvalue weighted by atomic mass is 16.5. The van der Waals surface area contributed by atoms with E-state index in [1.165, 1.54) is 0 Å². The van der Waals surface area contributed by atoms with Gasteiger partial charge in [0.05, 0.1) is 19.4 Å². The average Bonchev–Trinajstić information content (AvgIpc) is 3.09. The number of rotatable bonds is 9. The standard InChI is InChI=1S/C19H23NO6/c1-13-9-15(10-14(2)18(13)26-12-17(21)22)19(23)20(6-8-24-3)11-16-5-4-7-25-16/h4-5,7,9-10H,6,8,11-12H2,1-3H3,(H,21,22). The van der Waals surface area contributed by atoms with Crippen LogP contribution in [0.2, 0.25) is 0 Å². The molecule has 2 rings (SSSR count). The summed E-state index contributed by atoms with van der Waals surface area (Å²) in [6, 6.07) is 6.99. The number of benzene rings is 1. The van der Waals surface area contributed by atoms with Gasteiger partial charge in [0, 0.05) is 19.2 Å². The van der Waals surface area contributed by atoms with Crippen LogP contribution in [0.5, 0.6) is 5.75 Å². The fourth-order valence-electron chi connectivity index (χ4n) is 2.66. The predicted molar refractivity (Wildman–Crippen MR) is 94.4 cm³/mol. The van der Waals surface area contributed by atoms with Gasteiger partial charge in [0.2, 0.25) is 0 Å². The summed E-state index contributed by atoms with van der Waals surface area (Å²) >= 11 is 0. The SMILES string of the molecule is COCCN(Cc1ccco1)C(=O)c1cc(C)c(OCC(=O)O)c(C)c1. The molecule has 7 heteroatoms. The molecule has 1 heterocycles. The average molecular weight is 361 g/mol. The van der Waals surface area contributed by atoms with E-state index in [-0.39, 0.29) is 5.91 Å². The van der Waals surface area contributed by atoms with Crippen LogP contribution >= 0.6 is 0 Å². The highest BCUT2D eigenvalue weighted by Crippen LogP contribution is 2.26. The third kappa shape index (κ3) is 5.10. The molecule has 0 aliphatic carbocycles. The molecule has 0 atom stereocenters. The minimum atomic E-state index is -1.05. The van der Waals surface area contributed by atoms with Crippen LogP contribution in [-0.2, 0) is 16.1 Å². The van der Waals surface area contributed by atoms with Crippen LogP contribution in [0, 0.1) is 13.8 Å². The van der Waals surface area contributed by atoms with Gasteiger partial charge in [-0.25, -0.2) is 4.79 Å². The molecule has 0 fully saturated rings. The Hall–Kier alpha value is -2.80. The molecule has 0 unspecified atom stereocenters. The third-order valence-electron chi connectivity index (χ3n) is 3.83. The summed E-state index contributed by atoms with van der Waals surface area (Å²) in [5.74, 6) is -0.0367. The van der Waals surface area contributed by atoms with Crippen molar-refractivity contribution in [3.63, 3.8) is 0 Å². The molecule has 0 saturated heterocycles. The summed E-state index contributed by atoms with van der Waals surface area (Å²) in [6.45, 7) is 4.31. The second kappa shape index (κ2) is 9.05. The Labute approximate surface area is 152 Å². The van der Waals surface area contributed by atoms with Crippen molar-refractivity contribution < 1.29 is 28.6 Å². The second-order valence-corrected chi connectivity index (χ2v) is 5.92. The van der Waals surface area contributed by atoms with E-state index >= 15 is 0 Å². The van der Waals surface area contributed by atoms with Gasteiger partial charge < -0.3 is 23.9 Å². The molecule has 0 saturated carbocycles. The van der Waals surface area contributed by atoms with Crippen molar-refractivity contribution in [3.8, 4) is 5.75 Å². The minimum absolute atomic E-state index is 0.158. The number of ether oxygens (including phenoxy) is 2. The Morgan fingerprint density at radius 1 is 1.23 bits per heavy atom. The molecule has 0 radical (unpaired) electrons. The summed E-state index contributed by atoms with van der Waals surface area (Å²) in [5, 5.41) is 8.77. The lowest BCUT2D eigenvalue weighted by Crippen LogP contribution is -2.33. The Kier molecular flexibility index (Phi) is 6.80. The Bertz CT molecular complexity index is 730. The quantitative estimate of drug-likeness (QED) is 0.739. The predicted octanol–water partition coefficient (Wildman–Crippen LogP) is 2.65. The first-order valence-corrected chi connectivity index (χ1v) is 8.18. The molecule has 7 nitrogen and oxygen atoms in total. The van der Waals surface area contributed by atoms with E-state index in [0.717, 1.165) is 0 Å². The van der Waals surface area contributed by atoms with Crippen LogP contribution in [0.4, 0.5) is 0 Å². The van der Waals surface area contributed by atoms with Gasteiger partial charge in [-0.2, -0.15) is 0 Å². The molecule has 0 bridgehead atoms. The maximum absolute atomic E-state index is 13.0. The van der Waals surface area contributed by atoms with Gasteiger partial charge in [-0.3, -0.25) is 4.79 Å². The van der Waals surface area contributed by atoms with Gasteiger partial charge in [0.25, 0.3) is 5.91 Å². The highest BCUT2D eigenvalue weighted by molar-refractivity contribution is 5.95. The first kappa shape index (κ1) is 19.5. The van der Waals surface area contributed by atoms with E-state index in [1.807, 2.05) is 6.07 Å². The number of aryl methyl sites for hydroxylation is 2. The largest absolute Gasteiger partial charge is 0.481 e. The van der Waals surface area contributed by atoms with Gasteiger partial charge in [-0.05, 0) is 49.2 Å². The van der Waals surface area contributed by atoms with E-state index in [1.54, 1.807) is 50.3 Å². The van der Waals surface area contributed by atoms with Crippen molar-refractivity contribution in [1.29, 1.82) is 0 Å². The van der Waals surface area contributed by atoms with Gasteiger partial charge in [-0.15, -0.1) is 0 Å². The lowest BCUT2D eigenvalue weighted by atomic mass is 10.0. The molecule has 140 valence electrons. The molecule has 2 aromatic rings. The molecule has 0 spiro atoms. The van der Waals surface area contributed by atoms with Crippen LogP contribution in [0.15, 0.2) is 34.9 Å². The second-order valence-electron chi connectivity index (χ2n) is 5.92. The monoisotopic (exact) mass is 361 g/mol. The summed E-state index contributed by atoms with van der Waals surface area (Å²) < 4.78 is 15.8. The van der Waals surface area contributed by atoms with Crippen LogP contribution in [0.25, 0.3) is 0 Å². The fourth-order valence-corrected chi connectivity index (χ4v) is 2.66. The van der Waals surface area contributed by atoms with E-state index in [2.05, 4.69) is 0 Å². The van der Waals surface area contributed by atoms with Crippen molar-refractivity contribution in [2.75, 3.05) is 26.9 Å². The number of hydrogen-bond acceptors (Lipinski definition) is 5. The number of methoxy groups -OCH3 is 1. The number of nitrogens with zero attached hydrogens (tertiary/aromatic N) is 1. The molecular formula is C19H23NO6. The van der Waals surface area contributed by atoms with Crippen LogP contribution in [0.1, 0.15) is 27.2 Å². The lowest BCUT2D eigenvalue weighted by molar-refractivity contribution is -0.139. The number of carboxylic acid groups (broad SMARTS) is 1. The van der Waals surface area contributed by atoms with Crippen molar-refractivity contribution in [3.05, 3.63) is 53.0 Å². The zero-order valence-electron chi connectivity index (χ0n) is 15.2. The first-order valence-electron chi connectivity index (χ1n) is 8.18. The smallest absolute Gasteiger partial charge is 0.341 e. The maximum atomic E-state index is 13.0. The maximum Gasteiger partial charge on any atom is 0.341 e. The van der Waals surface area contributed by atoms with Crippen molar-refractivity contribution in [1.82, 2.24) is 4.90 Å². The Balaban J connectivity index is 2.22. The zero-order chi connectivity index (χ0) is 19.1. The van der Waals surface area contributed by atoms with Crippen molar-refractivity contribution in [2.24, 2.45) is 0 Å². The Morgan fingerprint density at radius 2 is 1.92 bits per heavy atom. The molecule has 1 aromatic heterocycles. The van der Waals surface area contributed by atoms with E-state index in [0.29, 0.717) is 47.9 Å². The molecule has 1 N–H and O–H groups in total. The normalized spacial score (nSPS) is 10.6. The minimum Gasteiger partial charge on any atom is -0.481 e. The van der Waals surface area contributed by atoms with Gasteiger partial charge >= 0.3 is 5.97 Å². The van der Waals surface area contributed by atoms with E-state index in [4.69, 9.17) is 19.0 Å². The number of furan rings is 1. The summed E-state index contributed by atoms with van der Waals surface area (Å²) in [4.78, 5) is 25.3. The molecule has 26 heavy (non-hydrogen) atoms. The highest BCUT2D eigenvalue weighted by Gasteiger charge is 2.19. The molecule has 1 amide bonds. The third-order valence-corrected chi connectivity index (χ3v) is 3.83. The number of carboxylic acids is 1. The van der Waals surface area contributed by atoms with Crippen LogP contribution < -0.4 is 4.74 Å². The molecule has 0 aliphatic rings.